The maximum atomic E-state index is 12.9. The molecule has 1 unspecified atom stereocenters. The van der Waals surface area contributed by atoms with Crippen molar-refractivity contribution in [2.45, 2.75) is 26.3 Å². The standard InChI is InChI=1S/C30H30N4O2S/c1-4-33(5-2)24-15-11-21(12-16-24)19-28-29(35)31-30(37-28)34-27(23-13-17-25(36-3)18-14-23)20-26(32-34)22-9-7-6-8-10-22/h6-19,27H,4-5,20H2,1-3H3/b28-19-. The van der Waals surface area contributed by atoms with E-state index in [-0.39, 0.29) is 11.9 Å². The van der Waals surface area contributed by atoms with E-state index in [9.17, 15) is 4.79 Å². The first-order chi connectivity index (χ1) is 18.1. The lowest BCUT2D eigenvalue weighted by Crippen LogP contribution is -2.23. The van der Waals surface area contributed by atoms with Gasteiger partial charge in [0.1, 0.15) is 5.75 Å². The van der Waals surface area contributed by atoms with E-state index in [1.807, 2.05) is 53.5 Å². The van der Waals surface area contributed by atoms with E-state index in [1.165, 1.54) is 17.4 Å². The number of hydrazone groups is 1. The predicted molar refractivity (Wildman–Crippen MR) is 153 cm³/mol. The average Bonchev–Trinajstić information content (AvgIpc) is 3.55. The number of anilines is 1. The van der Waals surface area contributed by atoms with Gasteiger partial charge in [-0.1, -0.05) is 54.6 Å². The summed E-state index contributed by atoms with van der Waals surface area (Å²) in [4.78, 5) is 20.2. The van der Waals surface area contributed by atoms with Gasteiger partial charge in [0.15, 0.2) is 5.17 Å². The highest BCUT2D eigenvalue weighted by Crippen LogP contribution is 2.40. The largest absolute Gasteiger partial charge is 0.497 e. The van der Waals surface area contributed by atoms with Gasteiger partial charge in [-0.25, -0.2) is 5.01 Å². The number of ether oxygens (including phenoxy) is 1. The molecule has 0 N–H and O–H groups in total. The summed E-state index contributed by atoms with van der Waals surface area (Å²) in [6, 6.07) is 26.4. The Morgan fingerprint density at radius 2 is 1.70 bits per heavy atom. The zero-order chi connectivity index (χ0) is 25.8. The maximum absolute atomic E-state index is 12.9. The molecule has 0 radical (unpaired) electrons. The number of thioether (sulfide) groups is 1. The van der Waals surface area contributed by atoms with Gasteiger partial charge in [-0.3, -0.25) is 4.79 Å². The van der Waals surface area contributed by atoms with Crippen LogP contribution in [-0.2, 0) is 4.79 Å². The number of hydrogen-bond acceptors (Lipinski definition) is 6. The van der Waals surface area contributed by atoms with Crippen molar-refractivity contribution in [2.24, 2.45) is 10.1 Å². The second-order valence-corrected chi connectivity index (χ2v) is 9.83. The molecule has 188 valence electrons. The molecule has 1 atom stereocenters. The molecule has 3 aromatic carbocycles. The van der Waals surface area contributed by atoms with Crippen molar-refractivity contribution < 1.29 is 9.53 Å². The average molecular weight is 511 g/mol. The quantitative estimate of drug-likeness (QED) is 0.346. The fourth-order valence-electron chi connectivity index (χ4n) is 4.59. The lowest BCUT2D eigenvalue weighted by Gasteiger charge is -2.22. The fourth-order valence-corrected chi connectivity index (χ4v) is 5.51. The third kappa shape index (κ3) is 5.32. The van der Waals surface area contributed by atoms with Gasteiger partial charge in [-0.15, -0.1) is 0 Å². The van der Waals surface area contributed by atoms with Crippen LogP contribution in [0.3, 0.4) is 0 Å². The molecule has 7 heteroatoms. The number of carbonyl (C=O) groups is 1. The third-order valence-electron chi connectivity index (χ3n) is 6.64. The number of hydrogen-bond donors (Lipinski definition) is 0. The number of benzene rings is 3. The number of carbonyl (C=O) groups excluding carboxylic acids is 1. The number of rotatable bonds is 7. The molecule has 0 aliphatic carbocycles. The minimum absolute atomic E-state index is 0.0622. The van der Waals surface area contributed by atoms with Gasteiger partial charge in [0.25, 0.3) is 5.91 Å². The molecule has 2 aliphatic heterocycles. The Bertz CT molecular complexity index is 1340. The summed E-state index contributed by atoms with van der Waals surface area (Å²) >= 11 is 1.38. The molecule has 0 saturated heterocycles. The van der Waals surface area contributed by atoms with E-state index in [1.54, 1.807) is 7.11 Å². The minimum atomic E-state index is -0.232. The Kier molecular flexibility index (Phi) is 7.42. The number of aliphatic imine (C=N–C) groups is 1. The lowest BCUT2D eigenvalue weighted by atomic mass is 9.98. The summed E-state index contributed by atoms with van der Waals surface area (Å²) in [7, 11) is 1.66. The Morgan fingerprint density at radius 3 is 2.35 bits per heavy atom. The van der Waals surface area contributed by atoms with Crippen molar-refractivity contribution in [3.8, 4) is 5.75 Å². The highest BCUT2D eigenvalue weighted by molar-refractivity contribution is 8.18. The van der Waals surface area contributed by atoms with Crippen LogP contribution in [0, 0.1) is 0 Å². The second kappa shape index (κ2) is 11.0. The number of nitrogens with zero attached hydrogens (tertiary/aromatic N) is 4. The van der Waals surface area contributed by atoms with E-state index in [2.05, 4.69) is 60.1 Å². The summed E-state index contributed by atoms with van der Waals surface area (Å²) in [6.45, 7) is 6.21. The smallest absolute Gasteiger partial charge is 0.286 e. The van der Waals surface area contributed by atoms with E-state index in [0.717, 1.165) is 47.7 Å². The minimum Gasteiger partial charge on any atom is -0.497 e. The first kappa shape index (κ1) is 24.8. The summed E-state index contributed by atoms with van der Waals surface area (Å²) in [5, 5.41) is 7.45. The van der Waals surface area contributed by atoms with Crippen molar-refractivity contribution in [3.05, 3.63) is 100 Å². The molecule has 6 nitrogen and oxygen atoms in total. The SMILES string of the molecule is CCN(CC)c1ccc(/C=C2\SC(N3N=C(c4ccccc4)CC3c3ccc(OC)cc3)=NC2=O)cc1. The molecule has 2 heterocycles. The van der Waals surface area contributed by atoms with Gasteiger partial charge in [-0.05, 0) is 72.6 Å². The van der Waals surface area contributed by atoms with Gasteiger partial charge < -0.3 is 9.64 Å². The number of methoxy groups -OCH3 is 1. The van der Waals surface area contributed by atoms with Gasteiger partial charge in [0.05, 0.1) is 23.8 Å². The maximum Gasteiger partial charge on any atom is 0.286 e. The Morgan fingerprint density at radius 1 is 1.00 bits per heavy atom. The number of amides is 1. The van der Waals surface area contributed by atoms with Crippen LogP contribution in [0.5, 0.6) is 5.75 Å². The highest BCUT2D eigenvalue weighted by Gasteiger charge is 2.36. The molecule has 0 aromatic heterocycles. The van der Waals surface area contributed by atoms with Gasteiger partial charge in [-0.2, -0.15) is 10.1 Å². The Balaban J connectivity index is 1.41. The molecular weight excluding hydrogens is 480 g/mol. The molecular formula is C30H30N4O2S. The van der Waals surface area contributed by atoms with Crippen molar-refractivity contribution in [1.29, 1.82) is 0 Å². The van der Waals surface area contributed by atoms with Crippen LogP contribution in [0.2, 0.25) is 0 Å². The Hall–Kier alpha value is -3.84. The Labute approximate surface area is 222 Å². The molecule has 3 aromatic rings. The van der Waals surface area contributed by atoms with Crippen molar-refractivity contribution >= 4 is 40.3 Å². The third-order valence-corrected chi connectivity index (χ3v) is 7.62. The predicted octanol–water partition coefficient (Wildman–Crippen LogP) is 6.36. The van der Waals surface area contributed by atoms with Crippen LogP contribution < -0.4 is 9.64 Å². The van der Waals surface area contributed by atoms with Crippen molar-refractivity contribution in [3.63, 3.8) is 0 Å². The van der Waals surface area contributed by atoms with Crippen molar-refractivity contribution in [1.82, 2.24) is 5.01 Å². The zero-order valence-electron chi connectivity index (χ0n) is 21.3. The molecule has 5 rings (SSSR count). The first-order valence-corrected chi connectivity index (χ1v) is 13.3. The number of amidine groups is 1. The van der Waals surface area contributed by atoms with E-state index >= 15 is 0 Å². The van der Waals surface area contributed by atoms with Gasteiger partial charge in [0, 0.05) is 25.2 Å². The molecule has 0 saturated carbocycles. The topological polar surface area (TPSA) is 57.5 Å². The lowest BCUT2D eigenvalue weighted by molar-refractivity contribution is -0.113. The highest BCUT2D eigenvalue weighted by atomic mass is 32.2. The van der Waals surface area contributed by atoms with Crippen LogP contribution in [0.4, 0.5) is 5.69 Å². The zero-order valence-corrected chi connectivity index (χ0v) is 22.1. The summed E-state index contributed by atoms with van der Waals surface area (Å²) in [5.74, 6) is 0.571. The monoisotopic (exact) mass is 510 g/mol. The molecule has 37 heavy (non-hydrogen) atoms. The molecule has 1 amide bonds. The van der Waals surface area contributed by atoms with Gasteiger partial charge in [0.2, 0.25) is 0 Å². The van der Waals surface area contributed by atoms with Crippen LogP contribution in [0.25, 0.3) is 6.08 Å². The summed E-state index contributed by atoms with van der Waals surface area (Å²) in [5.41, 5.74) is 5.29. The van der Waals surface area contributed by atoms with E-state index in [4.69, 9.17) is 9.84 Å². The molecule has 2 aliphatic rings. The molecule has 0 spiro atoms. The first-order valence-electron chi connectivity index (χ1n) is 12.5. The van der Waals surface area contributed by atoms with E-state index < -0.39 is 0 Å². The van der Waals surface area contributed by atoms with E-state index in [0.29, 0.717) is 10.1 Å². The van der Waals surface area contributed by atoms with Crippen LogP contribution in [0.15, 0.2) is 93.9 Å². The molecule has 0 fully saturated rings. The van der Waals surface area contributed by atoms with Gasteiger partial charge >= 0.3 is 0 Å². The van der Waals surface area contributed by atoms with Crippen LogP contribution in [-0.4, -0.2) is 42.0 Å². The second-order valence-electron chi connectivity index (χ2n) is 8.82. The van der Waals surface area contributed by atoms with Crippen LogP contribution >= 0.6 is 11.8 Å². The van der Waals surface area contributed by atoms with Crippen molar-refractivity contribution in [2.75, 3.05) is 25.1 Å². The normalized spacial score (nSPS) is 18.2. The van der Waals surface area contributed by atoms with Crippen LogP contribution in [0.1, 0.15) is 43.0 Å². The summed E-state index contributed by atoms with van der Waals surface area (Å²) < 4.78 is 5.34. The fraction of sp³-hybridized carbons (Fsp3) is 0.233. The summed E-state index contributed by atoms with van der Waals surface area (Å²) in [6.07, 6.45) is 2.63. The molecule has 0 bridgehead atoms.